The van der Waals surface area contributed by atoms with Crippen molar-refractivity contribution in [2.45, 2.75) is 25.9 Å². The Morgan fingerprint density at radius 3 is 2.61 bits per heavy atom. The number of nitrogens with zero attached hydrogens (tertiary/aromatic N) is 5. The Hall–Kier alpha value is -3.49. The number of benzene rings is 1. The molecule has 0 unspecified atom stereocenters. The zero-order valence-electron chi connectivity index (χ0n) is 19.1. The van der Waals surface area contributed by atoms with E-state index in [0.29, 0.717) is 24.2 Å². The summed E-state index contributed by atoms with van der Waals surface area (Å²) in [6.45, 7) is 4.93. The van der Waals surface area contributed by atoms with E-state index < -0.39 is 5.60 Å². The smallest absolute Gasteiger partial charge is 0.254 e. The van der Waals surface area contributed by atoms with Gasteiger partial charge in [-0.1, -0.05) is 24.3 Å². The summed E-state index contributed by atoms with van der Waals surface area (Å²) < 4.78 is 3.82. The van der Waals surface area contributed by atoms with E-state index in [1.54, 1.807) is 4.90 Å². The number of fused-ring (bicyclic) bond motifs is 1. The number of hydrogen-bond donors (Lipinski definition) is 2. The van der Waals surface area contributed by atoms with Crippen LogP contribution in [0.15, 0.2) is 48.8 Å². The number of imidazole rings is 1. The maximum Gasteiger partial charge on any atom is 0.254 e. The lowest BCUT2D eigenvalue weighted by Gasteiger charge is -2.21. The molecule has 4 aromatic rings. The highest BCUT2D eigenvalue weighted by Gasteiger charge is 2.37. The van der Waals surface area contributed by atoms with E-state index >= 15 is 0 Å². The molecule has 4 heterocycles. The molecule has 5 rings (SSSR count). The predicted molar refractivity (Wildman–Crippen MR) is 127 cm³/mol. The number of likely N-dealkylation sites (tertiary alicyclic amines) is 1. The van der Waals surface area contributed by atoms with Crippen LogP contribution < -0.4 is 5.73 Å². The van der Waals surface area contributed by atoms with Crippen LogP contribution in [0.25, 0.3) is 28.0 Å². The molecule has 0 spiro atoms. The number of pyridine rings is 1. The molecule has 1 aromatic carbocycles. The minimum atomic E-state index is -0.995. The van der Waals surface area contributed by atoms with Gasteiger partial charge in [0.1, 0.15) is 5.65 Å². The Bertz CT molecular complexity index is 1370. The van der Waals surface area contributed by atoms with Crippen molar-refractivity contribution in [1.29, 1.82) is 0 Å². The molecule has 1 saturated heterocycles. The van der Waals surface area contributed by atoms with Crippen molar-refractivity contribution in [3.8, 4) is 22.4 Å². The van der Waals surface area contributed by atoms with Crippen LogP contribution in [0.4, 0.5) is 0 Å². The monoisotopic (exact) mass is 444 g/mol. The van der Waals surface area contributed by atoms with Gasteiger partial charge in [-0.25, -0.2) is 4.98 Å². The molecule has 1 atom stereocenters. The third kappa shape index (κ3) is 3.61. The minimum absolute atomic E-state index is 0.115. The van der Waals surface area contributed by atoms with Crippen LogP contribution in [-0.4, -0.2) is 60.3 Å². The Labute approximate surface area is 192 Å². The molecule has 8 nitrogen and oxygen atoms in total. The van der Waals surface area contributed by atoms with E-state index in [0.717, 1.165) is 33.8 Å². The highest BCUT2D eigenvalue weighted by atomic mass is 16.3. The summed E-state index contributed by atoms with van der Waals surface area (Å²) in [5.41, 5.74) is 11.9. The Morgan fingerprint density at radius 1 is 1.18 bits per heavy atom. The summed E-state index contributed by atoms with van der Waals surface area (Å²) >= 11 is 0. The van der Waals surface area contributed by atoms with Crippen LogP contribution in [0.5, 0.6) is 0 Å². The van der Waals surface area contributed by atoms with Crippen molar-refractivity contribution < 1.29 is 9.90 Å². The lowest BCUT2D eigenvalue weighted by molar-refractivity contribution is 0.0507. The summed E-state index contributed by atoms with van der Waals surface area (Å²) in [6.07, 6.45) is 4.40. The Balaban J connectivity index is 1.54. The molecular formula is C25H28N6O2. The first-order chi connectivity index (χ1) is 15.8. The van der Waals surface area contributed by atoms with Gasteiger partial charge >= 0.3 is 0 Å². The van der Waals surface area contributed by atoms with Crippen LogP contribution in [0.3, 0.4) is 0 Å². The number of carbonyl (C=O) groups is 1. The van der Waals surface area contributed by atoms with Gasteiger partial charge in [0.05, 0.1) is 23.5 Å². The van der Waals surface area contributed by atoms with E-state index in [1.807, 2.05) is 66.6 Å². The summed E-state index contributed by atoms with van der Waals surface area (Å²) in [5.74, 6) is -0.115. The molecule has 3 N–H and O–H groups in total. The molecule has 1 aliphatic heterocycles. The molecule has 3 aromatic heterocycles. The largest absolute Gasteiger partial charge is 0.387 e. The molecule has 0 aliphatic carbocycles. The number of amides is 1. The van der Waals surface area contributed by atoms with E-state index in [-0.39, 0.29) is 19.0 Å². The molecule has 1 amide bonds. The van der Waals surface area contributed by atoms with Crippen molar-refractivity contribution in [2.75, 3.05) is 19.6 Å². The van der Waals surface area contributed by atoms with E-state index in [1.165, 1.54) is 0 Å². The molecule has 33 heavy (non-hydrogen) atoms. The molecule has 0 saturated carbocycles. The molecular weight excluding hydrogens is 416 g/mol. The first-order valence-electron chi connectivity index (χ1n) is 11.1. The van der Waals surface area contributed by atoms with E-state index in [4.69, 9.17) is 10.7 Å². The van der Waals surface area contributed by atoms with Gasteiger partial charge in [-0.15, -0.1) is 0 Å². The van der Waals surface area contributed by atoms with Crippen LogP contribution in [-0.2, 0) is 7.05 Å². The molecule has 1 aliphatic rings. The van der Waals surface area contributed by atoms with E-state index in [2.05, 4.69) is 17.2 Å². The summed E-state index contributed by atoms with van der Waals surface area (Å²) in [5, 5.41) is 14.9. The van der Waals surface area contributed by atoms with Gasteiger partial charge in [0, 0.05) is 54.9 Å². The Kier molecular flexibility index (Phi) is 5.07. The number of rotatable bonds is 4. The normalized spacial score (nSPS) is 18.4. The zero-order valence-corrected chi connectivity index (χ0v) is 19.1. The molecule has 1 fully saturated rings. The van der Waals surface area contributed by atoms with Crippen LogP contribution in [0.2, 0.25) is 0 Å². The molecule has 0 bridgehead atoms. The number of nitrogens with two attached hydrogens (primary N) is 1. The second-order valence-corrected chi connectivity index (χ2v) is 8.94. The average Bonchev–Trinajstić information content (AvgIpc) is 3.48. The Morgan fingerprint density at radius 2 is 1.94 bits per heavy atom. The third-order valence-corrected chi connectivity index (χ3v) is 6.60. The standard InChI is InChI=1S/C25H28N6O2/c1-16-21(13-29(3)28-16)19-6-4-5-7-20(19)23-17(2)31-10-8-18(12-22(31)27-23)24(32)30-11-9-25(33,14-26)15-30/h4-8,10,12-13,33H,9,11,14-15,26H2,1-3H3/t25-/m0/s1. The van der Waals surface area contributed by atoms with Gasteiger partial charge in [-0.05, 0) is 38.0 Å². The number of aryl methyl sites for hydroxylation is 3. The number of aromatic nitrogens is 4. The van der Waals surface area contributed by atoms with Crippen molar-refractivity contribution in [3.63, 3.8) is 0 Å². The first kappa shape index (κ1) is 21.4. The quantitative estimate of drug-likeness (QED) is 0.504. The van der Waals surface area contributed by atoms with Crippen LogP contribution in [0, 0.1) is 13.8 Å². The minimum Gasteiger partial charge on any atom is -0.387 e. The van der Waals surface area contributed by atoms with Crippen molar-refractivity contribution in [3.05, 3.63) is 65.7 Å². The number of aliphatic hydroxyl groups is 1. The molecule has 8 heteroatoms. The lowest BCUT2D eigenvalue weighted by atomic mass is 9.97. The second kappa shape index (κ2) is 7.83. The van der Waals surface area contributed by atoms with Crippen LogP contribution >= 0.6 is 0 Å². The number of hydrogen-bond acceptors (Lipinski definition) is 5. The van der Waals surface area contributed by atoms with Gasteiger partial charge in [0.2, 0.25) is 0 Å². The summed E-state index contributed by atoms with van der Waals surface area (Å²) in [7, 11) is 1.92. The van der Waals surface area contributed by atoms with Crippen molar-refractivity contribution in [2.24, 2.45) is 12.8 Å². The lowest BCUT2D eigenvalue weighted by Crippen LogP contribution is -2.41. The van der Waals surface area contributed by atoms with Gasteiger partial charge < -0.3 is 20.1 Å². The summed E-state index contributed by atoms with van der Waals surface area (Å²) in [6, 6.07) is 11.8. The highest BCUT2D eigenvalue weighted by molar-refractivity contribution is 5.95. The third-order valence-electron chi connectivity index (χ3n) is 6.60. The molecule has 170 valence electrons. The second-order valence-electron chi connectivity index (χ2n) is 8.94. The summed E-state index contributed by atoms with van der Waals surface area (Å²) in [4.78, 5) is 19.6. The highest BCUT2D eigenvalue weighted by Crippen LogP contribution is 2.35. The fourth-order valence-electron chi connectivity index (χ4n) is 4.72. The van der Waals surface area contributed by atoms with Crippen molar-refractivity contribution in [1.82, 2.24) is 24.1 Å². The van der Waals surface area contributed by atoms with Gasteiger partial charge in [0.25, 0.3) is 5.91 Å². The van der Waals surface area contributed by atoms with E-state index in [9.17, 15) is 9.90 Å². The molecule has 0 radical (unpaired) electrons. The maximum atomic E-state index is 13.1. The number of β-amino-alcohol motifs (C(OH)–C–C–N with tert-alkyl or cyclic N) is 1. The van der Waals surface area contributed by atoms with Gasteiger partial charge in [-0.2, -0.15) is 5.10 Å². The fraction of sp³-hybridized carbons (Fsp3) is 0.320. The fourth-order valence-corrected chi connectivity index (χ4v) is 4.72. The van der Waals surface area contributed by atoms with Crippen LogP contribution in [0.1, 0.15) is 28.2 Å². The van der Waals surface area contributed by atoms with Crippen molar-refractivity contribution >= 4 is 11.6 Å². The predicted octanol–water partition coefficient (Wildman–Crippen LogP) is 2.55. The zero-order chi connectivity index (χ0) is 23.3. The van der Waals surface area contributed by atoms with Gasteiger partial charge in [-0.3, -0.25) is 9.48 Å². The topological polar surface area (TPSA) is 102 Å². The maximum absolute atomic E-state index is 13.1. The average molecular weight is 445 g/mol. The number of carbonyl (C=O) groups excluding carboxylic acids is 1. The van der Waals surface area contributed by atoms with Gasteiger partial charge in [0.15, 0.2) is 0 Å². The first-order valence-corrected chi connectivity index (χ1v) is 11.1. The SMILES string of the molecule is Cc1nn(C)cc1-c1ccccc1-c1nc2cc(C(=O)N3CC[C@](O)(CN)C3)ccn2c1C.